The Morgan fingerprint density at radius 3 is 2.29 bits per heavy atom. The Bertz CT molecular complexity index is 1020. The van der Waals surface area contributed by atoms with E-state index in [9.17, 15) is 24.6 Å². The molecule has 180 valence electrons. The van der Waals surface area contributed by atoms with Gasteiger partial charge in [-0.3, -0.25) is 9.59 Å². The number of hydrogen-bond donors (Lipinski definition) is 3. The first kappa shape index (κ1) is 23.8. The lowest BCUT2D eigenvalue weighted by Gasteiger charge is -2.36. The molecule has 0 aromatic heterocycles. The predicted molar refractivity (Wildman–Crippen MR) is 125 cm³/mol. The molecule has 2 aliphatic rings. The third-order valence-electron chi connectivity index (χ3n) is 6.76. The lowest BCUT2D eigenvalue weighted by Crippen LogP contribution is -2.53. The monoisotopic (exact) mass is 466 g/mol. The van der Waals surface area contributed by atoms with Crippen LogP contribution >= 0.6 is 0 Å². The summed E-state index contributed by atoms with van der Waals surface area (Å²) in [4.78, 5) is 38.6. The van der Waals surface area contributed by atoms with E-state index in [1.54, 1.807) is 6.92 Å². The van der Waals surface area contributed by atoms with Crippen LogP contribution in [0.15, 0.2) is 48.5 Å². The third kappa shape index (κ3) is 5.07. The number of carbonyl (C=O) groups is 3. The Kier molecular flexibility index (Phi) is 7.17. The Labute approximate surface area is 198 Å². The number of hydrogen-bond acceptors (Lipinski definition) is 5. The van der Waals surface area contributed by atoms with Crippen molar-refractivity contribution in [3.63, 3.8) is 0 Å². The zero-order valence-corrected chi connectivity index (χ0v) is 19.1. The smallest absolute Gasteiger partial charge is 0.407 e. The van der Waals surface area contributed by atoms with Gasteiger partial charge < -0.3 is 25.2 Å². The van der Waals surface area contributed by atoms with Crippen LogP contribution in [0.25, 0.3) is 11.1 Å². The normalized spacial score (nSPS) is 19.0. The number of nitrogens with zero attached hydrogens (tertiary/aromatic N) is 1. The number of carbonyl (C=O) groups excluding carboxylic acids is 2. The second-order valence-corrected chi connectivity index (χ2v) is 9.05. The quantitative estimate of drug-likeness (QED) is 0.578. The first-order valence-electron chi connectivity index (χ1n) is 11.6. The van der Waals surface area contributed by atoms with E-state index in [0.717, 1.165) is 28.7 Å². The molecule has 2 aromatic carbocycles. The number of carboxylic acid groups (broad SMARTS) is 1. The van der Waals surface area contributed by atoms with Crippen molar-refractivity contribution < 1.29 is 29.3 Å². The molecule has 0 saturated carbocycles. The van der Waals surface area contributed by atoms with Crippen molar-refractivity contribution in [2.75, 3.05) is 19.7 Å². The van der Waals surface area contributed by atoms with Gasteiger partial charge in [0, 0.05) is 24.9 Å². The molecule has 1 saturated heterocycles. The highest BCUT2D eigenvalue weighted by Crippen LogP contribution is 2.44. The maximum Gasteiger partial charge on any atom is 0.407 e. The van der Waals surface area contributed by atoms with Gasteiger partial charge in [0.25, 0.3) is 0 Å². The first-order valence-corrected chi connectivity index (χ1v) is 11.6. The van der Waals surface area contributed by atoms with Crippen LogP contribution in [0.3, 0.4) is 0 Å². The van der Waals surface area contributed by atoms with Gasteiger partial charge in [0.1, 0.15) is 12.6 Å². The zero-order chi connectivity index (χ0) is 24.2. The van der Waals surface area contributed by atoms with Gasteiger partial charge in [0.2, 0.25) is 5.91 Å². The van der Waals surface area contributed by atoms with Crippen molar-refractivity contribution in [2.45, 2.75) is 44.2 Å². The van der Waals surface area contributed by atoms with E-state index < -0.39 is 36.5 Å². The highest BCUT2D eigenvalue weighted by molar-refractivity contribution is 5.89. The Morgan fingerprint density at radius 1 is 1.09 bits per heavy atom. The largest absolute Gasteiger partial charge is 0.481 e. The maximum atomic E-state index is 13.0. The van der Waals surface area contributed by atoms with Crippen LogP contribution in [-0.4, -0.2) is 64.9 Å². The summed E-state index contributed by atoms with van der Waals surface area (Å²) in [5.74, 6) is -1.87. The van der Waals surface area contributed by atoms with Crippen molar-refractivity contribution in [1.29, 1.82) is 0 Å². The number of aliphatic carboxylic acids is 1. The van der Waals surface area contributed by atoms with Gasteiger partial charge in [-0.2, -0.15) is 0 Å². The van der Waals surface area contributed by atoms with Crippen molar-refractivity contribution in [3.05, 3.63) is 59.7 Å². The SMILES string of the molecule is CC(O)C1CCCN(C(=O)C(CC(=O)O)NC(=O)OCC2c3ccccc3-c3ccccc32)C1. The minimum Gasteiger partial charge on any atom is -0.481 e. The van der Waals surface area contributed by atoms with Crippen molar-refractivity contribution in [1.82, 2.24) is 10.2 Å². The summed E-state index contributed by atoms with van der Waals surface area (Å²) >= 11 is 0. The van der Waals surface area contributed by atoms with Crippen LogP contribution in [0.4, 0.5) is 4.79 Å². The van der Waals surface area contributed by atoms with E-state index in [4.69, 9.17) is 4.74 Å². The fourth-order valence-electron chi connectivity index (χ4n) is 4.98. The minimum absolute atomic E-state index is 0.0711. The maximum absolute atomic E-state index is 13.0. The molecule has 4 rings (SSSR count). The molecule has 34 heavy (non-hydrogen) atoms. The summed E-state index contributed by atoms with van der Waals surface area (Å²) in [6.45, 7) is 2.55. The van der Waals surface area contributed by atoms with Crippen molar-refractivity contribution in [2.24, 2.45) is 5.92 Å². The molecule has 2 amide bonds. The Hall–Kier alpha value is -3.39. The van der Waals surface area contributed by atoms with E-state index in [2.05, 4.69) is 5.32 Å². The van der Waals surface area contributed by atoms with Gasteiger partial charge >= 0.3 is 12.1 Å². The molecule has 3 N–H and O–H groups in total. The fraction of sp³-hybridized carbons (Fsp3) is 0.423. The molecule has 3 unspecified atom stereocenters. The van der Waals surface area contributed by atoms with Crippen LogP contribution in [-0.2, 0) is 14.3 Å². The molecule has 0 spiro atoms. The number of amides is 2. The number of aliphatic hydroxyl groups excluding tert-OH is 1. The van der Waals surface area contributed by atoms with Crippen LogP contribution in [0.2, 0.25) is 0 Å². The third-order valence-corrected chi connectivity index (χ3v) is 6.76. The highest BCUT2D eigenvalue weighted by atomic mass is 16.5. The van der Waals surface area contributed by atoms with E-state index in [0.29, 0.717) is 19.5 Å². The summed E-state index contributed by atoms with van der Waals surface area (Å²) in [7, 11) is 0. The van der Waals surface area contributed by atoms with Crippen LogP contribution in [0.1, 0.15) is 43.2 Å². The summed E-state index contributed by atoms with van der Waals surface area (Å²) in [5.41, 5.74) is 4.33. The molecular formula is C26H30N2O6. The number of carboxylic acids is 1. The molecular weight excluding hydrogens is 436 g/mol. The van der Waals surface area contributed by atoms with E-state index in [-0.39, 0.29) is 18.4 Å². The second-order valence-electron chi connectivity index (χ2n) is 9.05. The van der Waals surface area contributed by atoms with Crippen LogP contribution in [0.5, 0.6) is 0 Å². The topological polar surface area (TPSA) is 116 Å². The van der Waals surface area contributed by atoms with Gasteiger partial charge in [-0.05, 0) is 42.0 Å². The summed E-state index contributed by atoms with van der Waals surface area (Å²) in [6.07, 6.45) is -0.426. The lowest BCUT2D eigenvalue weighted by atomic mass is 9.93. The standard InChI is InChI=1S/C26H30N2O6/c1-16(29)17-7-6-12-28(14-17)25(32)23(13-24(30)31)27-26(33)34-15-22-20-10-4-2-8-18(20)19-9-3-5-11-21(19)22/h2-5,8-11,16-17,22-23,29H,6-7,12-15H2,1H3,(H,27,33)(H,30,31). The summed E-state index contributed by atoms with van der Waals surface area (Å²) < 4.78 is 5.49. The Morgan fingerprint density at radius 2 is 1.71 bits per heavy atom. The van der Waals surface area contributed by atoms with E-state index >= 15 is 0 Å². The molecule has 1 fully saturated rings. The van der Waals surface area contributed by atoms with Gasteiger partial charge in [0.05, 0.1) is 12.5 Å². The lowest BCUT2D eigenvalue weighted by molar-refractivity contribution is -0.143. The molecule has 0 bridgehead atoms. The number of aliphatic hydroxyl groups is 1. The number of alkyl carbamates (subject to hydrolysis) is 1. The molecule has 8 nitrogen and oxygen atoms in total. The number of piperidine rings is 1. The van der Waals surface area contributed by atoms with Crippen molar-refractivity contribution in [3.8, 4) is 11.1 Å². The number of benzene rings is 2. The molecule has 2 aromatic rings. The second kappa shape index (κ2) is 10.3. The van der Waals surface area contributed by atoms with Gasteiger partial charge in [-0.1, -0.05) is 48.5 Å². The van der Waals surface area contributed by atoms with E-state index in [1.165, 1.54) is 4.90 Å². The average molecular weight is 467 g/mol. The fourth-order valence-corrected chi connectivity index (χ4v) is 4.98. The molecule has 8 heteroatoms. The first-order chi connectivity index (χ1) is 16.3. The number of likely N-dealkylation sites (tertiary alicyclic amines) is 1. The number of nitrogens with one attached hydrogen (secondary N) is 1. The zero-order valence-electron chi connectivity index (χ0n) is 19.1. The number of fused-ring (bicyclic) bond motifs is 3. The summed E-state index contributed by atoms with van der Waals surface area (Å²) in [5, 5.41) is 21.7. The van der Waals surface area contributed by atoms with E-state index in [1.807, 2.05) is 48.5 Å². The predicted octanol–water partition coefficient (Wildman–Crippen LogP) is 2.99. The number of rotatable bonds is 7. The summed E-state index contributed by atoms with van der Waals surface area (Å²) in [6, 6.07) is 14.7. The molecule has 3 atom stereocenters. The average Bonchev–Trinajstić information content (AvgIpc) is 3.15. The molecule has 1 aliphatic carbocycles. The van der Waals surface area contributed by atoms with Crippen molar-refractivity contribution >= 4 is 18.0 Å². The molecule has 1 heterocycles. The van der Waals surface area contributed by atoms with Gasteiger partial charge in [-0.15, -0.1) is 0 Å². The molecule has 1 aliphatic heterocycles. The van der Waals surface area contributed by atoms with Crippen LogP contribution < -0.4 is 5.32 Å². The van der Waals surface area contributed by atoms with Crippen LogP contribution in [0, 0.1) is 5.92 Å². The molecule has 0 radical (unpaired) electrons. The van der Waals surface area contributed by atoms with Gasteiger partial charge in [0.15, 0.2) is 0 Å². The Balaban J connectivity index is 1.42. The number of ether oxygens (including phenoxy) is 1. The highest BCUT2D eigenvalue weighted by Gasteiger charge is 2.34. The minimum atomic E-state index is -1.24. The van der Waals surface area contributed by atoms with Gasteiger partial charge in [-0.25, -0.2) is 4.79 Å².